The first-order valence-corrected chi connectivity index (χ1v) is 9.03. The van der Waals surface area contributed by atoms with Crippen molar-refractivity contribution in [1.82, 2.24) is 4.31 Å². The summed E-state index contributed by atoms with van der Waals surface area (Å²) >= 11 is 0. The summed E-state index contributed by atoms with van der Waals surface area (Å²) in [5.41, 5.74) is 5.54. The highest BCUT2D eigenvalue weighted by molar-refractivity contribution is 7.89. The Morgan fingerprint density at radius 2 is 1.86 bits per heavy atom. The Kier molecular flexibility index (Phi) is 6.43. The topological polar surface area (TPSA) is 76.5 Å². The highest BCUT2D eigenvalue weighted by Crippen LogP contribution is 2.27. The number of sulfonamides is 1. The summed E-state index contributed by atoms with van der Waals surface area (Å²) in [6.45, 7) is 10.5. The molecule has 0 atom stereocenters. The number of hydrogen-bond acceptors (Lipinski definition) is 4. The van der Waals surface area contributed by atoms with Crippen LogP contribution in [0.3, 0.4) is 0 Å². The van der Waals surface area contributed by atoms with Crippen LogP contribution in [0, 0.1) is 12.8 Å². The molecule has 0 saturated carbocycles. The fourth-order valence-corrected chi connectivity index (χ4v) is 4.63. The zero-order valence-corrected chi connectivity index (χ0v) is 14.5. The van der Waals surface area contributed by atoms with E-state index in [1.54, 1.807) is 17.3 Å². The van der Waals surface area contributed by atoms with Gasteiger partial charge in [-0.25, -0.2) is 8.42 Å². The lowest BCUT2D eigenvalue weighted by Crippen LogP contribution is -2.42. The molecule has 0 spiro atoms. The first-order valence-electron chi connectivity index (χ1n) is 7.59. The molecule has 5 nitrogen and oxygen atoms in total. The Balaban J connectivity index is 3.28. The monoisotopic (exact) mass is 316 g/mol. The molecule has 1 aromatic heterocycles. The van der Waals surface area contributed by atoms with E-state index in [1.165, 1.54) is 0 Å². The van der Waals surface area contributed by atoms with Crippen LogP contribution in [0.15, 0.2) is 15.4 Å². The van der Waals surface area contributed by atoms with Gasteiger partial charge in [0.2, 0.25) is 10.0 Å². The summed E-state index contributed by atoms with van der Waals surface area (Å²) in [4.78, 5) is 0.246. The van der Waals surface area contributed by atoms with Gasteiger partial charge in [-0.05, 0) is 25.7 Å². The number of aryl methyl sites for hydroxylation is 1. The van der Waals surface area contributed by atoms with E-state index in [-0.39, 0.29) is 23.4 Å². The second-order valence-corrected chi connectivity index (χ2v) is 7.64. The molecule has 0 aliphatic rings. The SMILES string of the molecule is CCC(CC)N(CC(C)C)S(=O)(=O)c1cc(CN)oc1C. The average Bonchev–Trinajstić information content (AvgIpc) is 2.80. The number of nitrogens with two attached hydrogens (primary N) is 1. The highest BCUT2D eigenvalue weighted by atomic mass is 32.2. The molecule has 6 heteroatoms. The Morgan fingerprint density at radius 3 is 2.24 bits per heavy atom. The Hall–Kier alpha value is -0.850. The maximum Gasteiger partial charge on any atom is 0.246 e. The van der Waals surface area contributed by atoms with E-state index in [4.69, 9.17) is 10.2 Å². The fraction of sp³-hybridized carbons (Fsp3) is 0.733. The van der Waals surface area contributed by atoms with Gasteiger partial charge in [-0.1, -0.05) is 27.7 Å². The van der Waals surface area contributed by atoms with Crippen molar-refractivity contribution in [3.8, 4) is 0 Å². The minimum atomic E-state index is -3.56. The maximum absolute atomic E-state index is 13.0. The molecule has 1 aromatic rings. The van der Waals surface area contributed by atoms with Gasteiger partial charge in [0, 0.05) is 18.7 Å². The summed E-state index contributed by atoms with van der Waals surface area (Å²) in [6.07, 6.45) is 1.59. The largest absolute Gasteiger partial charge is 0.464 e. The van der Waals surface area contributed by atoms with Crippen molar-refractivity contribution in [2.75, 3.05) is 6.54 Å². The molecule has 21 heavy (non-hydrogen) atoms. The van der Waals surface area contributed by atoms with Gasteiger partial charge in [0.1, 0.15) is 16.4 Å². The van der Waals surface area contributed by atoms with Crippen LogP contribution in [0.2, 0.25) is 0 Å². The predicted molar refractivity (Wildman–Crippen MR) is 84.4 cm³/mol. The summed E-state index contributed by atoms with van der Waals surface area (Å²) in [5.74, 6) is 1.18. The summed E-state index contributed by atoms with van der Waals surface area (Å²) < 4.78 is 33.0. The number of rotatable bonds is 8. The summed E-state index contributed by atoms with van der Waals surface area (Å²) in [6, 6.07) is 1.56. The molecule has 0 fully saturated rings. The minimum Gasteiger partial charge on any atom is -0.464 e. The minimum absolute atomic E-state index is 0.00743. The molecule has 0 aliphatic heterocycles. The molecular formula is C15H28N2O3S. The van der Waals surface area contributed by atoms with E-state index in [2.05, 4.69) is 0 Å². The molecule has 0 aliphatic carbocycles. The maximum atomic E-state index is 13.0. The van der Waals surface area contributed by atoms with Crippen LogP contribution >= 0.6 is 0 Å². The summed E-state index contributed by atoms with van der Waals surface area (Å²) in [5, 5.41) is 0. The van der Waals surface area contributed by atoms with Gasteiger partial charge in [-0.3, -0.25) is 0 Å². The number of furan rings is 1. The zero-order valence-electron chi connectivity index (χ0n) is 13.7. The molecule has 0 saturated heterocycles. The van der Waals surface area contributed by atoms with Crippen molar-refractivity contribution in [3.05, 3.63) is 17.6 Å². The molecule has 2 N–H and O–H groups in total. The van der Waals surface area contributed by atoms with E-state index >= 15 is 0 Å². The average molecular weight is 316 g/mol. The Labute approximate surface area is 128 Å². The lowest BCUT2D eigenvalue weighted by Gasteiger charge is -2.30. The van der Waals surface area contributed by atoms with Crippen LogP contribution in [0.4, 0.5) is 0 Å². The lowest BCUT2D eigenvalue weighted by atomic mass is 10.1. The van der Waals surface area contributed by atoms with Gasteiger partial charge in [-0.15, -0.1) is 0 Å². The van der Waals surface area contributed by atoms with Gasteiger partial charge >= 0.3 is 0 Å². The van der Waals surface area contributed by atoms with Crippen molar-refractivity contribution in [1.29, 1.82) is 0 Å². The van der Waals surface area contributed by atoms with E-state index < -0.39 is 10.0 Å². The van der Waals surface area contributed by atoms with Crippen LogP contribution in [0.1, 0.15) is 52.1 Å². The van der Waals surface area contributed by atoms with Crippen molar-refractivity contribution in [3.63, 3.8) is 0 Å². The fourth-order valence-electron chi connectivity index (χ4n) is 2.51. The normalized spacial score (nSPS) is 12.8. The zero-order chi connectivity index (χ0) is 16.2. The molecular weight excluding hydrogens is 288 g/mol. The molecule has 0 amide bonds. The molecule has 0 unspecified atom stereocenters. The van der Waals surface area contributed by atoms with Crippen LogP contribution in [-0.2, 0) is 16.6 Å². The lowest BCUT2D eigenvalue weighted by molar-refractivity contribution is 0.276. The second kappa shape index (κ2) is 7.42. The van der Waals surface area contributed by atoms with E-state index in [1.807, 2.05) is 27.7 Å². The van der Waals surface area contributed by atoms with Gasteiger partial charge in [0.15, 0.2) is 0 Å². The van der Waals surface area contributed by atoms with Crippen molar-refractivity contribution < 1.29 is 12.8 Å². The first-order chi connectivity index (χ1) is 9.77. The van der Waals surface area contributed by atoms with Crippen molar-refractivity contribution in [2.24, 2.45) is 11.7 Å². The molecule has 0 aromatic carbocycles. The molecule has 0 bridgehead atoms. The van der Waals surface area contributed by atoms with Crippen molar-refractivity contribution in [2.45, 2.75) is 64.9 Å². The van der Waals surface area contributed by atoms with Crippen LogP contribution in [0.5, 0.6) is 0 Å². The molecule has 1 rings (SSSR count). The van der Waals surface area contributed by atoms with Crippen molar-refractivity contribution >= 4 is 10.0 Å². The van der Waals surface area contributed by atoms with Crippen LogP contribution in [0.25, 0.3) is 0 Å². The smallest absolute Gasteiger partial charge is 0.246 e. The highest BCUT2D eigenvalue weighted by Gasteiger charge is 2.33. The third-order valence-corrected chi connectivity index (χ3v) is 5.63. The van der Waals surface area contributed by atoms with E-state index in [9.17, 15) is 8.42 Å². The summed E-state index contributed by atoms with van der Waals surface area (Å²) in [7, 11) is -3.56. The predicted octanol–water partition coefficient (Wildman–Crippen LogP) is 2.88. The Bertz CT molecular complexity index is 545. The molecule has 1 heterocycles. The van der Waals surface area contributed by atoms with Crippen LogP contribution in [-0.4, -0.2) is 25.3 Å². The quantitative estimate of drug-likeness (QED) is 0.800. The van der Waals surface area contributed by atoms with Crippen LogP contribution < -0.4 is 5.73 Å². The molecule has 122 valence electrons. The number of hydrogen-bond donors (Lipinski definition) is 1. The van der Waals surface area contributed by atoms with Gasteiger partial charge in [0.25, 0.3) is 0 Å². The number of nitrogens with zero attached hydrogens (tertiary/aromatic N) is 1. The second-order valence-electron chi connectivity index (χ2n) is 5.78. The van der Waals surface area contributed by atoms with Gasteiger partial charge < -0.3 is 10.2 Å². The third kappa shape index (κ3) is 4.08. The van der Waals surface area contributed by atoms with E-state index in [0.717, 1.165) is 12.8 Å². The first kappa shape index (κ1) is 18.2. The Morgan fingerprint density at radius 1 is 1.29 bits per heavy atom. The van der Waals surface area contributed by atoms with Gasteiger partial charge in [-0.2, -0.15) is 4.31 Å². The molecule has 0 radical (unpaired) electrons. The standard InChI is InChI=1S/C15H28N2O3S/c1-6-13(7-2)17(10-11(3)4)21(18,19)15-8-14(9-16)20-12(15)5/h8,11,13H,6-7,9-10,16H2,1-5H3. The van der Waals surface area contributed by atoms with E-state index in [0.29, 0.717) is 18.1 Å². The van der Waals surface area contributed by atoms with Gasteiger partial charge in [0.05, 0.1) is 6.54 Å². The third-order valence-electron chi connectivity index (χ3n) is 3.61.